The third-order valence-corrected chi connectivity index (χ3v) is 4.36. The molecule has 0 saturated heterocycles. The largest absolute Gasteiger partial charge is 0.381 e. The molecule has 1 unspecified atom stereocenters. The molecule has 0 bridgehead atoms. The quantitative estimate of drug-likeness (QED) is 0.400. The number of allylic oxidation sites excluding steroid dienone is 1. The van der Waals surface area contributed by atoms with Crippen molar-refractivity contribution in [2.45, 2.75) is 85.1 Å². The van der Waals surface area contributed by atoms with Crippen molar-refractivity contribution in [1.82, 2.24) is 5.32 Å². The number of aliphatic imine (C=N–C) groups is 1. The fraction of sp³-hybridized carbons (Fsp3) is 0.850. The Morgan fingerprint density at radius 1 is 1.22 bits per heavy atom. The van der Waals surface area contributed by atoms with Gasteiger partial charge in [0, 0.05) is 31.5 Å². The van der Waals surface area contributed by atoms with Gasteiger partial charge in [-0.3, -0.25) is 4.99 Å². The summed E-state index contributed by atoms with van der Waals surface area (Å²) in [4.78, 5) is 4.53. The van der Waals surface area contributed by atoms with Crippen LogP contribution in [0.4, 0.5) is 0 Å². The van der Waals surface area contributed by atoms with Crippen LogP contribution >= 0.6 is 0 Å². The lowest BCUT2D eigenvalue weighted by Gasteiger charge is -2.19. The average Bonchev–Trinajstić information content (AvgIpc) is 2.79. The second-order valence-electron chi connectivity index (χ2n) is 7.64. The van der Waals surface area contributed by atoms with Crippen molar-refractivity contribution >= 4 is 6.21 Å². The Morgan fingerprint density at radius 3 is 2.70 bits per heavy atom. The highest BCUT2D eigenvalue weighted by Gasteiger charge is 2.28. The van der Waals surface area contributed by atoms with Gasteiger partial charge in [0.15, 0.2) is 0 Å². The minimum absolute atomic E-state index is 0.181. The zero-order chi connectivity index (χ0) is 17.1. The molecule has 0 spiro atoms. The fourth-order valence-electron chi connectivity index (χ4n) is 3.10. The number of nitrogens with zero attached hydrogens (tertiary/aromatic N) is 1. The van der Waals surface area contributed by atoms with Gasteiger partial charge in [-0.15, -0.1) is 0 Å². The third-order valence-electron chi connectivity index (χ3n) is 4.36. The van der Waals surface area contributed by atoms with E-state index in [0.29, 0.717) is 0 Å². The molecule has 0 aromatic carbocycles. The van der Waals surface area contributed by atoms with Gasteiger partial charge in [0.05, 0.1) is 5.70 Å². The summed E-state index contributed by atoms with van der Waals surface area (Å²) in [6.45, 7) is 14.0. The lowest BCUT2D eigenvalue weighted by atomic mass is 9.92. The van der Waals surface area contributed by atoms with E-state index in [2.05, 4.69) is 51.1 Å². The molecule has 23 heavy (non-hydrogen) atoms. The SMILES string of the molecule is CCC/N=C\C1=C(CCC(C)CCCOCCC)CC(C)(C)N1. The first-order valence-corrected chi connectivity index (χ1v) is 9.56. The molecule has 1 aliphatic heterocycles. The van der Waals surface area contributed by atoms with E-state index in [0.717, 1.165) is 44.9 Å². The topological polar surface area (TPSA) is 33.6 Å². The number of hydrogen-bond donors (Lipinski definition) is 1. The number of rotatable bonds is 12. The van der Waals surface area contributed by atoms with Crippen LogP contribution in [0.25, 0.3) is 0 Å². The van der Waals surface area contributed by atoms with Crippen LogP contribution in [-0.2, 0) is 4.74 Å². The van der Waals surface area contributed by atoms with Crippen LogP contribution in [-0.4, -0.2) is 31.5 Å². The van der Waals surface area contributed by atoms with E-state index >= 15 is 0 Å². The lowest BCUT2D eigenvalue weighted by molar-refractivity contribution is 0.127. The van der Waals surface area contributed by atoms with Crippen LogP contribution in [0.2, 0.25) is 0 Å². The normalized spacial score (nSPS) is 18.7. The minimum atomic E-state index is 0.181. The molecule has 3 nitrogen and oxygen atoms in total. The summed E-state index contributed by atoms with van der Waals surface area (Å²) in [6.07, 6.45) is 10.4. The monoisotopic (exact) mass is 322 g/mol. The van der Waals surface area contributed by atoms with Crippen LogP contribution in [0.3, 0.4) is 0 Å². The second kappa shape index (κ2) is 10.9. The van der Waals surface area contributed by atoms with Gasteiger partial charge in [-0.25, -0.2) is 0 Å². The maximum absolute atomic E-state index is 5.57. The van der Waals surface area contributed by atoms with Gasteiger partial charge in [0.2, 0.25) is 0 Å². The summed E-state index contributed by atoms with van der Waals surface area (Å²) in [7, 11) is 0. The maximum Gasteiger partial charge on any atom is 0.0518 e. The van der Waals surface area contributed by atoms with E-state index in [9.17, 15) is 0 Å². The smallest absolute Gasteiger partial charge is 0.0518 e. The molecule has 0 aromatic rings. The van der Waals surface area contributed by atoms with Gasteiger partial charge in [-0.05, 0) is 70.3 Å². The zero-order valence-corrected chi connectivity index (χ0v) is 16.1. The summed E-state index contributed by atoms with van der Waals surface area (Å²) in [5.74, 6) is 0.769. The molecule has 1 atom stereocenters. The van der Waals surface area contributed by atoms with Gasteiger partial charge in [-0.1, -0.05) is 20.8 Å². The predicted molar refractivity (Wildman–Crippen MR) is 101 cm³/mol. The zero-order valence-electron chi connectivity index (χ0n) is 16.1. The first kappa shape index (κ1) is 20.2. The van der Waals surface area contributed by atoms with Crippen LogP contribution in [0.1, 0.15) is 79.6 Å². The summed E-state index contributed by atoms with van der Waals surface area (Å²) in [5, 5.41) is 3.64. The Balaban J connectivity index is 2.38. The first-order chi connectivity index (χ1) is 11.0. The fourth-order valence-corrected chi connectivity index (χ4v) is 3.10. The van der Waals surface area contributed by atoms with E-state index in [1.807, 2.05) is 0 Å². The Bertz CT molecular complexity index is 385. The Kier molecular flexibility index (Phi) is 9.54. The number of ether oxygens (including phenoxy) is 1. The van der Waals surface area contributed by atoms with E-state index in [1.54, 1.807) is 5.57 Å². The highest BCUT2D eigenvalue weighted by Crippen LogP contribution is 2.31. The van der Waals surface area contributed by atoms with Gasteiger partial charge in [-0.2, -0.15) is 0 Å². The van der Waals surface area contributed by atoms with E-state index in [4.69, 9.17) is 4.74 Å². The van der Waals surface area contributed by atoms with Crippen molar-refractivity contribution in [2.75, 3.05) is 19.8 Å². The minimum Gasteiger partial charge on any atom is -0.381 e. The maximum atomic E-state index is 5.57. The first-order valence-electron chi connectivity index (χ1n) is 9.56. The number of nitrogens with one attached hydrogen (secondary N) is 1. The molecule has 134 valence electrons. The lowest BCUT2D eigenvalue weighted by Crippen LogP contribution is -2.33. The highest BCUT2D eigenvalue weighted by molar-refractivity contribution is 5.80. The van der Waals surface area contributed by atoms with Crippen molar-refractivity contribution in [3.8, 4) is 0 Å². The van der Waals surface area contributed by atoms with E-state index in [1.165, 1.54) is 31.4 Å². The van der Waals surface area contributed by atoms with Crippen molar-refractivity contribution in [3.05, 3.63) is 11.3 Å². The highest BCUT2D eigenvalue weighted by atomic mass is 16.5. The molecule has 3 heteroatoms. The van der Waals surface area contributed by atoms with Crippen LogP contribution in [0, 0.1) is 5.92 Å². The van der Waals surface area contributed by atoms with Gasteiger partial charge >= 0.3 is 0 Å². The molecule has 0 amide bonds. The van der Waals surface area contributed by atoms with E-state index < -0.39 is 0 Å². The van der Waals surface area contributed by atoms with Crippen molar-refractivity contribution in [3.63, 3.8) is 0 Å². The van der Waals surface area contributed by atoms with Gasteiger partial charge < -0.3 is 10.1 Å². The average molecular weight is 323 g/mol. The Labute approximate surface area is 144 Å². The molecule has 1 N–H and O–H groups in total. The van der Waals surface area contributed by atoms with Gasteiger partial charge in [0.25, 0.3) is 0 Å². The van der Waals surface area contributed by atoms with Crippen LogP contribution < -0.4 is 5.32 Å². The molecule has 0 aliphatic carbocycles. The van der Waals surface area contributed by atoms with Crippen molar-refractivity contribution in [2.24, 2.45) is 10.9 Å². The van der Waals surface area contributed by atoms with Crippen molar-refractivity contribution in [1.29, 1.82) is 0 Å². The van der Waals surface area contributed by atoms with Gasteiger partial charge in [0.1, 0.15) is 0 Å². The summed E-state index contributed by atoms with van der Waals surface area (Å²) >= 11 is 0. The summed E-state index contributed by atoms with van der Waals surface area (Å²) in [6, 6.07) is 0. The molecular weight excluding hydrogens is 284 g/mol. The number of hydrogen-bond acceptors (Lipinski definition) is 3. The molecule has 1 heterocycles. The molecule has 0 fully saturated rings. The second-order valence-corrected chi connectivity index (χ2v) is 7.64. The molecule has 1 rings (SSSR count). The standard InChI is InChI=1S/C20H38N2O/c1-6-12-21-16-19-18(15-20(4,5)22-19)11-10-17(3)9-8-14-23-13-7-2/h16-17,22H,6-15H2,1-5H3/b21-16-. The Morgan fingerprint density at radius 2 is 2.00 bits per heavy atom. The van der Waals surface area contributed by atoms with E-state index in [-0.39, 0.29) is 5.54 Å². The molecule has 0 saturated carbocycles. The van der Waals surface area contributed by atoms with Crippen LogP contribution in [0.5, 0.6) is 0 Å². The summed E-state index contributed by atoms with van der Waals surface area (Å²) < 4.78 is 5.57. The Hall–Kier alpha value is -0.830. The predicted octanol–water partition coefficient (Wildman–Crippen LogP) is 5.12. The molecule has 0 aromatic heterocycles. The molecule has 1 aliphatic rings. The van der Waals surface area contributed by atoms with Crippen molar-refractivity contribution < 1.29 is 4.74 Å². The summed E-state index contributed by atoms with van der Waals surface area (Å²) in [5.41, 5.74) is 3.02. The third kappa shape index (κ3) is 8.55. The molecule has 0 radical (unpaired) electrons. The molecular formula is C20H38N2O. The van der Waals surface area contributed by atoms with Crippen LogP contribution in [0.15, 0.2) is 16.3 Å².